The fourth-order valence-electron chi connectivity index (χ4n) is 4.94. The van der Waals surface area contributed by atoms with Gasteiger partial charge in [0.25, 0.3) is 0 Å². The summed E-state index contributed by atoms with van der Waals surface area (Å²) >= 11 is 0. The lowest BCUT2D eigenvalue weighted by Gasteiger charge is -2.16. The van der Waals surface area contributed by atoms with Crippen LogP contribution in [0.5, 0.6) is 0 Å². The average Bonchev–Trinajstić information content (AvgIpc) is 2.78. The highest BCUT2D eigenvalue weighted by atomic mass is 14.1. The van der Waals surface area contributed by atoms with Crippen molar-refractivity contribution in [2.45, 2.75) is 186 Å². The molecule has 0 saturated heterocycles. The van der Waals surface area contributed by atoms with Gasteiger partial charge in [-0.1, -0.05) is 155 Å². The van der Waals surface area contributed by atoms with Gasteiger partial charge in [0.2, 0.25) is 0 Å². The van der Waals surface area contributed by atoms with E-state index in [0.717, 1.165) is 23.7 Å². The van der Waals surface area contributed by atoms with E-state index in [1.807, 2.05) is 0 Å². The van der Waals surface area contributed by atoms with Crippen LogP contribution in [-0.2, 0) is 0 Å². The monoisotopic (exact) mass is 545 g/mol. The van der Waals surface area contributed by atoms with Gasteiger partial charge >= 0.3 is 0 Å². The number of hydrogen-bond acceptors (Lipinski definition) is 0. The normalized spacial score (nSPS) is 14.3. The van der Waals surface area contributed by atoms with E-state index in [2.05, 4.69) is 108 Å². The van der Waals surface area contributed by atoms with Gasteiger partial charge in [0, 0.05) is 0 Å². The molecule has 0 aromatic carbocycles. The van der Waals surface area contributed by atoms with Gasteiger partial charge in [-0.2, -0.15) is 0 Å². The van der Waals surface area contributed by atoms with Gasteiger partial charge in [-0.05, 0) is 95.3 Å². The van der Waals surface area contributed by atoms with Crippen LogP contribution in [0.2, 0.25) is 0 Å². The van der Waals surface area contributed by atoms with Crippen LogP contribution in [0.25, 0.3) is 0 Å². The van der Waals surface area contributed by atoms with E-state index in [1.165, 1.54) is 107 Å². The zero-order valence-electron chi connectivity index (χ0n) is 29.6. The standard InChI is InChI=1S/C20H36.C19H40/c1-17(2)11-8-12-18(3)13-9-14-19(4)15-10-16-20(5,6)7;1-16(2)10-7-12-18(5)14-9-15-19(6)13-8-11-17(3)4/h11,13,15H,8-10,12,14,16H2,1-7H3;16-19H,7-15H2,1-6H3/b18-13+,19-15+;/t;18-,19+. The number of hydrogen-bond donors (Lipinski definition) is 0. The van der Waals surface area contributed by atoms with Crippen molar-refractivity contribution in [1.82, 2.24) is 0 Å². The summed E-state index contributed by atoms with van der Waals surface area (Å²) in [5.74, 6) is 3.66. The topological polar surface area (TPSA) is 0 Å². The Labute approximate surface area is 250 Å². The van der Waals surface area contributed by atoms with Crippen LogP contribution in [-0.4, -0.2) is 0 Å². The molecule has 0 radical (unpaired) electrons. The van der Waals surface area contributed by atoms with E-state index in [9.17, 15) is 0 Å². The summed E-state index contributed by atoms with van der Waals surface area (Å²) < 4.78 is 0. The smallest absolute Gasteiger partial charge is 0.0288 e. The molecule has 0 spiro atoms. The predicted molar refractivity (Wildman–Crippen MR) is 184 cm³/mol. The lowest BCUT2D eigenvalue weighted by Crippen LogP contribution is -2.03. The Bertz CT molecular complexity index is 609. The van der Waals surface area contributed by atoms with Crippen molar-refractivity contribution in [3.05, 3.63) is 34.9 Å². The van der Waals surface area contributed by atoms with Gasteiger partial charge in [-0.25, -0.2) is 0 Å². The Morgan fingerprint density at radius 3 is 1.23 bits per heavy atom. The maximum atomic E-state index is 2.45. The molecule has 232 valence electrons. The van der Waals surface area contributed by atoms with Crippen LogP contribution in [0, 0.1) is 29.1 Å². The number of allylic oxidation sites excluding steroid dienone is 6. The molecule has 39 heavy (non-hydrogen) atoms. The van der Waals surface area contributed by atoms with Gasteiger partial charge in [-0.15, -0.1) is 0 Å². The second-order valence-electron chi connectivity index (χ2n) is 15.3. The molecule has 0 heteroatoms. The minimum Gasteiger partial charge on any atom is -0.0856 e. The fraction of sp³-hybridized carbons (Fsp3) is 0.846. The van der Waals surface area contributed by atoms with Crippen molar-refractivity contribution in [2.75, 3.05) is 0 Å². The first-order valence-electron chi connectivity index (χ1n) is 17.1. The largest absolute Gasteiger partial charge is 0.0856 e. The zero-order valence-corrected chi connectivity index (χ0v) is 29.6. The van der Waals surface area contributed by atoms with Crippen LogP contribution in [0.1, 0.15) is 186 Å². The maximum absolute atomic E-state index is 2.45. The maximum Gasteiger partial charge on any atom is -0.0288 e. The summed E-state index contributed by atoms with van der Waals surface area (Å²) in [6, 6.07) is 0. The molecule has 0 aliphatic rings. The molecule has 0 aliphatic carbocycles. The summed E-state index contributed by atoms with van der Waals surface area (Å²) in [7, 11) is 0. The third-order valence-corrected chi connectivity index (χ3v) is 7.86. The molecule has 0 aromatic rings. The van der Waals surface area contributed by atoms with E-state index in [-0.39, 0.29) is 0 Å². The van der Waals surface area contributed by atoms with Crippen molar-refractivity contribution >= 4 is 0 Å². The predicted octanol–water partition coefficient (Wildman–Crippen LogP) is 14.3. The molecule has 0 rings (SSSR count). The molecule has 0 aromatic heterocycles. The molecular formula is C39H76. The van der Waals surface area contributed by atoms with Crippen LogP contribution in [0.15, 0.2) is 34.9 Å². The SMILES string of the molecule is CC(C)=CCC/C(C)=C/CC/C(C)=C/CCC(C)(C)C.CC(C)CCC[C@@H](C)CCC[C@@H](C)CCCC(C)C. The molecule has 0 fully saturated rings. The van der Waals surface area contributed by atoms with Gasteiger partial charge in [0.05, 0.1) is 0 Å². The van der Waals surface area contributed by atoms with Gasteiger partial charge in [0.1, 0.15) is 0 Å². The first-order valence-corrected chi connectivity index (χ1v) is 17.1. The minimum absolute atomic E-state index is 0.457. The van der Waals surface area contributed by atoms with Crippen molar-refractivity contribution in [3.63, 3.8) is 0 Å². The summed E-state index contributed by atoms with van der Waals surface area (Å²) in [5.41, 5.74) is 4.96. The lowest BCUT2D eigenvalue weighted by molar-refractivity contribution is 0.381. The van der Waals surface area contributed by atoms with E-state index < -0.39 is 0 Å². The average molecular weight is 545 g/mol. The van der Waals surface area contributed by atoms with Gasteiger partial charge < -0.3 is 0 Å². The van der Waals surface area contributed by atoms with Crippen molar-refractivity contribution in [2.24, 2.45) is 29.1 Å². The van der Waals surface area contributed by atoms with Crippen LogP contribution in [0.3, 0.4) is 0 Å². The van der Waals surface area contributed by atoms with Crippen molar-refractivity contribution in [3.8, 4) is 0 Å². The summed E-state index contributed by atoms with van der Waals surface area (Å²) in [6.45, 7) is 30.1. The summed E-state index contributed by atoms with van der Waals surface area (Å²) in [6.07, 6.45) is 27.4. The molecular weight excluding hydrogens is 468 g/mol. The molecule has 0 amide bonds. The second-order valence-corrected chi connectivity index (χ2v) is 15.3. The molecule has 0 saturated carbocycles. The summed E-state index contributed by atoms with van der Waals surface area (Å²) in [5, 5.41) is 0. The highest BCUT2D eigenvalue weighted by Crippen LogP contribution is 2.23. The Morgan fingerprint density at radius 1 is 0.513 bits per heavy atom. The quantitative estimate of drug-likeness (QED) is 0.134. The van der Waals surface area contributed by atoms with Crippen molar-refractivity contribution in [1.29, 1.82) is 0 Å². The van der Waals surface area contributed by atoms with E-state index in [1.54, 1.807) is 5.57 Å². The molecule has 0 bridgehead atoms. The second kappa shape index (κ2) is 25.0. The lowest BCUT2D eigenvalue weighted by atomic mass is 9.90. The van der Waals surface area contributed by atoms with E-state index >= 15 is 0 Å². The van der Waals surface area contributed by atoms with E-state index in [0.29, 0.717) is 5.41 Å². The van der Waals surface area contributed by atoms with Crippen LogP contribution < -0.4 is 0 Å². The highest BCUT2D eigenvalue weighted by molar-refractivity contribution is 5.05. The molecule has 2 atom stereocenters. The van der Waals surface area contributed by atoms with Gasteiger partial charge in [0.15, 0.2) is 0 Å². The zero-order chi connectivity index (χ0) is 30.3. The Balaban J connectivity index is 0. The Kier molecular flexibility index (Phi) is 25.8. The van der Waals surface area contributed by atoms with Gasteiger partial charge in [-0.3, -0.25) is 0 Å². The van der Waals surface area contributed by atoms with Crippen LogP contribution >= 0.6 is 0 Å². The highest BCUT2D eigenvalue weighted by Gasteiger charge is 2.08. The molecule has 0 N–H and O–H groups in total. The third-order valence-electron chi connectivity index (χ3n) is 7.86. The molecule has 0 unspecified atom stereocenters. The first-order chi connectivity index (χ1) is 18.1. The van der Waals surface area contributed by atoms with Crippen LogP contribution in [0.4, 0.5) is 0 Å². The first kappa shape index (κ1) is 40.4. The molecule has 0 heterocycles. The van der Waals surface area contributed by atoms with Crippen molar-refractivity contribution < 1.29 is 0 Å². The molecule has 0 nitrogen and oxygen atoms in total. The minimum atomic E-state index is 0.457. The number of rotatable bonds is 20. The van der Waals surface area contributed by atoms with E-state index in [4.69, 9.17) is 0 Å². The molecule has 0 aliphatic heterocycles. The summed E-state index contributed by atoms with van der Waals surface area (Å²) in [4.78, 5) is 0. The fourth-order valence-corrected chi connectivity index (χ4v) is 4.94. The Morgan fingerprint density at radius 2 is 0.872 bits per heavy atom. The Hall–Kier alpha value is -0.780. The third kappa shape index (κ3) is 35.2.